The fraction of sp³-hybridized carbons (Fsp3) is 0.875. The molecule has 0 saturated heterocycles. The summed E-state index contributed by atoms with van der Waals surface area (Å²) in [6, 6.07) is 0. The number of esters is 10. The summed E-state index contributed by atoms with van der Waals surface area (Å²) < 4.78 is 49.1. The van der Waals surface area contributed by atoms with Gasteiger partial charge in [0.2, 0.25) is 0 Å². The molecule has 0 bridgehead atoms. The molecule has 6 unspecified atom stereocenters. The lowest BCUT2D eigenvalue weighted by molar-refractivity contribution is -0.161. The van der Waals surface area contributed by atoms with Crippen LogP contribution in [-0.4, -0.2) is 150 Å². The average molecular weight is 1690 g/mol. The highest BCUT2D eigenvalue weighted by molar-refractivity contribution is 5.87. The molecule has 0 saturated carbocycles. The van der Waals surface area contributed by atoms with Gasteiger partial charge in [0.05, 0.1) is 91.4 Å². The molecule has 6 atom stereocenters. The van der Waals surface area contributed by atoms with E-state index >= 15 is 0 Å². The van der Waals surface area contributed by atoms with Gasteiger partial charge >= 0.3 is 59.7 Å². The molecule has 0 heterocycles. The second-order valence-corrected chi connectivity index (χ2v) is 35.1. The number of carbonyl (C=O) groups is 10. The summed E-state index contributed by atoms with van der Waals surface area (Å²) in [4.78, 5) is 113. The summed E-state index contributed by atoms with van der Waals surface area (Å²) >= 11 is 0. The summed E-state index contributed by atoms with van der Waals surface area (Å²) in [6.07, 6.45) is 36.0. The molecule has 22 nitrogen and oxygen atoms in total. The third kappa shape index (κ3) is 74.2. The average Bonchev–Trinajstić information content (AvgIpc) is 0.948. The lowest BCUT2D eigenvalue weighted by atomic mass is 9.91. The van der Waals surface area contributed by atoms with E-state index in [1.165, 1.54) is 163 Å². The van der Waals surface area contributed by atoms with Crippen LogP contribution in [0.15, 0.2) is 12.2 Å². The highest BCUT2D eigenvalue weighted by Gasteiger charge is 2.31. The molecule has 0 rings (SSSR count). The van der Waals surface area contributed by atoms with Gasteiger partial charge < -0.3 is 57.6 Å². The maximum Gasteiger partial charge on any atom is 0.333 e. The second-order valence-electron chi connectivity index (χ2n) is 35.1. The van der Waals surface area contributed by atoms with Crippen LogP contribution in [0, 0.1) is 56.2 Å². The van der Waals surface area contributed by atoms with Crippen LogP contribution >= 0.6 is 0 Å². The number of ether oxygens (including phenoxy) is 10. The quantitative estimate of drug-likeness (QED) is 0.0247. The van der Waals surface area contributed by atoms with Gasteiger partial charge in [0.15, 0.2) is 0 Å². The monoisotopic (exact) mass is 1690 g/mol. The minimum atomic E-state index is -1.01. The van der Waals surface area contributed by atoms with E-state index < -0.39 is 23.6 Å². The molecule has 0 aromatic carbocycles. The molecule has 0 aliphatic rings. The molecular weight excluding hydrogens is 1510 g/mol. The van der Waals surface area contributed by atoms with Gasteiger partial charge in [-0.05, 0) is 173 Å². The second kappa shape index (κ2) is 78.6. The summed E-state index contributed by atoms with van der Waals surface area (Å²) in [5.41, 5.74) is -1.88. The first-order valence-corrected chi connectivity index (χ1v) is 45.4. The smallest absolute Gasteiger partial charge is 0.333 e. The number of rotatable bonds is 55. The van der Waals surface area contributed by atoms with Gasteiger partial charge in [-0.25, -0.2) is 4.79 Å². The SMILES string of the molecule is C=C(C)C(=O)OCC(O)COC(=O)C(C)CC.CCC(C)(C)C(=O)OC.CCC(C)(C)C(=O)OC.CCC(C)(C)C(=O)OC.CCC(C)C(=O)OCC(O)COC(=O)C(C)(C)CC.CCCCC(CC)COC(=O)C(C)CC.CCCCCCCCCCCCOC(=O)C(C)(C)CC.CCCCCCCCCCCCOC(=O)C(C)(C)CC. The number of aliphatic hydroxyl groups excluding tert-OH is 2. The van der Waals surface area contributed by atoms with Crippen molar-refractivity contribution in [2.75, 3.05) is 67.6 Å². The topological polar surface area (TPSA) is 303 Å². The standard InChI is InChI=1S/2C18H36O2.C14H26O5.C13H26O2.C12H20O5.3C7H14O2/c2*1-5-7-8-9-10-11-12-13-14-15-16-20-17(19)18(3,4)6-2;1-6-10(3)12(16)18-8-11(15)9-19-13(17)14(4,5)7-2;1-5-8-9-12(7-3)10-15-13(14)11(4)6-2;1-5-9(4)12(15)17-7-10(13)6-16-11(14)8(2)3;3*1-5-7(2,3)6(8)9-4/h2*5-16H2,1-4H3;10-11,15H,6-9H2,1-5H3;11-12H,5-10H2,1-4H3;9-10,13H,2,5-7H2,1,3-4H3;3*5H2,1-4H3. The van der Waals surface area contributed by atoms with E-state index in [0.717, 1.165) is 57.8 Å². The molecule has 0 fully saturated rings. The van der Waals surface area contributed by atoms with Gasteiger partial charge in [-0.15, -0.1) is 0 Å². The van der Waals surface area contributed by atoms with Crippen molar-refractivity contribution in [3.05, 3.63) is 12.2 Å². The number of methoxy groups -OCH3 is 3. The van der Waals surface area contributed by atoms with Crippen molar-refractivity contribution < 1.29 is 106 Å². The first-order valence-electron chi connectivity index (χ1n) is 45.4. The van der Waals surface area contributed by atoms with Crippen molar-refractivity contribution >= 4 is 59.7 Å². The zero-order valence-electron chi connectivity index (χ0n) is 82.0. The maximum absolute atomic E-state index is 11.7. The molecule has 0 aliphatic carbocycles. The zero-order valence-corrected chi connectivity index (χ0v) is 82.0. The Hall–Kier alpha value is -5.64. The number of aliphatic hydroxyl groups is 2. The Labute approximate surface area is 722 Å². The Kier molecular flexibility index (Phi) is 85.2. The molecular formula is C96H186O22. The lowest BCUT2D eigenvalue weighted by Crippen LogP contribution is -2.31. The Balaban J connectivity index is -0.000000199. The van der Waals surface area contributed by atoms with Gasteiger partial charge in [0, 0.05) is 5.57 Å². The third-order valence-electron chi connectivity index (χ3n) is 21.7. The Morgan fingerprint density at radius 1 is 0.288 bits per heavy atom. The van der Waals surface area contributed by atoms with Crippen molar-refractivity contribution in [3.8, 4) is 0 Å². The largest absolute Gasteiger partial charge is 0.469 e. The van der Waals surface area contributed by atoms with Gasteiger partial charge in [-0.3, -0.25) is 43.2 Å². The molecule has 702 valence electrons. The van der Waals surface area contributed by atoms with Crippen LogP contribution in [0.5, 0.6) is 0 Å². The molecule has 0 aliphatic heterocycles. The summed E-state index contributed by atoms with van der Waals surface area (Å²) in [7, 11) is 4.25. The minimum absolute atomic E-state index is 0.0348. The molecule has 0 aromatic heterocycles. The zero-order chi connectivity index (χ0) is 93.2. The Morgan fingerprint density at radius 3 is 0.729 bits per heavy atom. The van der Waals surface area contributed by atoms with E-state index in [4.69, 9.17) is 33.2 Å². The highest BCUT2D eigenvalue weighted by atomic mass is 16.6. The molecule has 0 aromatic rings. The number of unbranched alkanes of at least 4 members (excludes halogenated alkanes) is 19. The Bertz CT molecular complexity index is 2420. The number of carbonyl (C=O) groups excluding carboxylic acids is 10. The van der Waals surface area contributed by atoms with Crippen molar-refractivity contribution in [2.45, 2.75) is 425 Å². The molecule has 118 heavy (non-hydrogen) atoms. The lowest BCUT2D eigenvalue weighted by Gasteiger charge is -2.21. The third-order valence-corrected chi connectivity index (χ3v) is 21.7. The first kappa shape index (κ1) is 128. The van der Waals surface area contributed by atoms with E-state index in [1.807, 2.05) is 138 Å². The first-order chi connectivity index (χ1) is 55.0. The van der Waals surface area contributed by atoms with Crippen LogP contribution < -0.4 is 0 Å². The fourth-order valence-electron chi connectivity index (χ4n) is 8.73. The van der Waals surface area contributed by atoms with Gasteiger partial charge in [-0.2, -0.15) is 0 Å². The fourth-order valence-corrected chi connectivity index (χ4v) is 8.73. The summed E-state index contributed by atoms with van der Waals surface area (Å²) in [5, 5.41) is 19.0. The highest BCUT2D eigenvalue weighted by Crippen LogP contribution is 2.26. The molecule has 0 amide bonds. The van der Waals surface area contributed by atoms with Gasteiger partial charge in [0.1, 0.15) is 38.6 Å². The predicted molar refractivity (Wildman–Crippen MR) is 479 cm³/mol. The normalized spacial score (nSPS) is 12.7. The van der Waals surface area contributed by atoms with E-state index in [9.17, 15) is 58.2 Å². The molecule has 2 N–H and O–H groups in total. The van der Waals surface area contributed by atoms with Crippen LogP contribution in [-0.2, 0) is 95.3 Å². The van der Waals surface area contributed by atoms with E-state index in [-0.39, 0.29) is 131 Å². The van der Waals surface area contributed by atoms with Crippen molar-refractivity contribution in [2.24, 2.45) is 56.2 Å². The van der Waals surface area contributed by atoms with Crippen LogP contribution in [0.4, 0.5) is 0 Å². The van der Waals surface area contributed by atoms with Crippen LogP contribution in [0.25, 0.3) is 0 Å². The summed E-state index contributed by atoms with van der Waals surface area (Å²) in [5.74, 6) is -1.95. The molecule has 0 radical (unpaired) electrons. The van der Waals surface area contributed by atoms with Crippen LogP contribution in [0.2, 0.25) is 0 Å². The number of hydrogen-bond acceptors (Lipinski definition) is 22. The van der Waals surface area contributed by atoms with Crippen molar-refractivity contribution in [3.63, 3.8) is 0 Å². The summed E-state index contributed by atoms with van der Waals surface area (Å²) in [6.45, 7) is 60.6. The van der Waals surface area contributed by atoms with E-state index in [0.29, 0.717) is 45.0 Å². The maximum atomic E-state index is 11.7. The van der Waals surface area contributed by atoms with Crippen molar-refractivity contribution in [1.29, 1.82) is 0 Å². The molecule has 22 heteroatoms. The van der Waals surface area contributed by atoms with Crippen LogP contribution in [0.3, 0.4) is 0 Å². The number of hydrogen-bond donors (Lipinski definition) is 2. The van der Waals surface area contributed by atoms with Gasteiger partial charge in [0.25, 0.3) is 0 Å². The van der Waals surface area contributed by atoms with Crippen molar-refractivity contribution in [1.82, 2.24) is 0 Å². The van der Waals surface area contributed by atoms with Gasteiger partial charge in [-0.1, -0.05) is 252 Å². The van der Waals surface area contributed by atoms with E-state index in [1.54, 1.807) is 27.7 Å². The molecule has 0 spiro atoms. The predicted octanol–water partition coefficient (Wildman–Crippen LogP) is 23.3. The van der Waals surface area contributed by atoms with E-state index in [2.05, 4.69) is 48.5 Å². The Morgan fingerprint density at radius 2 is 0.508 bits per heavy atom. The van der Waals surface area contributed by atoms with Crippen LogP contribution in [0.1, 0.15) is 413 Å². The minimum Gasteiger partial charge on any atom is -0.469 e.